The van der Waals surface area contributed by atoms with E-state index in [9.17, 15) is 0 Å². The van der Waals surface area contributed by atoms with Gasteiger partial charge in [-0.3, -0.25) is 0 Å². The second kappa shape index (κ2) is 16.7. The molecule has 0 rings (SSSR count). The first kappa shape index (κ1) is 17.7. The largest absolute Gasteiger partial charge is 0.392 e. The van der Waals surface area contributed by atoms with Gasteiger partial charge in [0.05, 0.1) is 6.61 Å². The fourth-order valence-electron chi connectivity index (χ4n) is 2.30. The average molecular weight is 254 g/mol. The van der Waals surface area contributed by atoms with Gasteiger partial charge >= 0.3 is 0 Å². The summed E-state index contributed by atoms with van der Waals surface area (Å²) in [6.07, 6.45) is 22.0. The zero-order chi connectivity index (χ0) is 13.3. The number of allylic oxidation sites excluding steroid dienone is 1. The third-order valence-corrected chi connectivity index (χ3v) is 3.50. The Balaban J connectivity index is 2.92. The van der Waals surface area contributed by atoms with Gasteiger partial charge in [-0.2, -0.15) is 0 Å². The lowest BCUT2D eigenvalue weighted by atomic mass is 10.0. The molecular weight excluding hydrogens is 220 g/mol. The summed E-state index contributed by atoms with van der Waals surface area (Å²) in [5, 5.41) is 8.57. The van der Waals surface area contributed by atoms with Crippen molar-refractivity contribution in [2.45, 2.75) is 90.4 Å². The maximum absolute atomic E-state index is 8.57. The first-order valence-corrected chi connectivity index (χ1v) is 8.17. The lowest BCUT2D eigenvalue weighted by Gasteiger charge is -2.02. The summed E-state index contributed by atoms with van der Waals surface area (Å²) < 4.78 is 0. The molecule has 0 unspecified atom stereocenters. The van der Waals surface area contributed by atoms with Crippen LogP contribution in [0.1, 0.15) is 90.4 Å². The van der Waals surface area contributed by atoms with E-state index in [0.29, 0.717) is 0 Å². The van der Waals surface area contributed by atoms with Gasteiger partial charge in [0.25, 0.3) is 0 Å². The summed E-state index contributed by atoms with van der Waals surface area (Å²) in [4.78, 5) is 0. The molecule has 18 heavy (non-hydrogen) atoms. The van der Waals surface area contributed by atoms with Crippen LogP contribution in [0.2, 0.25) is 0 Å². The number of unbranched alkanes of at least 4 members (excludes halogenated alkanes) is 12. The summed E-state index contributed by atoms with van der Waals surface area (Å²) in [6, 6.07) is 0. The highest BCUT2D eigenvalue weighted by Gasteiger charge is 1.92. The second-order valence-electron chi connectivity index (χ2n) is 5.33. The molecule has 0 radical (unpaired) electrons. The molecule has 108 valence electrons. The van der Waals surface area contributed by atoms with Crippen LogP contribution in [0.25, 0.3) is 0 Å². The van der Waals surface area contributed by atoms with E-state index >= 15 is 0 Å². The van der Waals surface area contributed by atoms with Crippen molar-refractivity contribution in [3.05, 3.63) is 12.2 Å². The zero-order valence-corrected chi connectivity index (χ0v) is 12.5. The Morgan fingerprint density at radius 3 is 1.50 bits per heavy atom. The molecule has 0 atom stereocenters. The Morgan fingerprint density at radius 1 is 0.611 bits per heavy atom. The molecule has 0 amide bonds. The highest BCUT2D eigenvalue weighted by Crippen LogP contribution is 2.12. The van der Waals surface area contributed by atoms with Crippen LogP contribution in [0, 0.1) is 0 Å². The van der Waals surface area contributed by atoms with E-state index in [2.05, 4.69) is 13.0 Å². The molecule has 0 aliphatic heterocycles. The molecule has 0 aromatic carbocycles. The van der Waals surface area contributed by atoms with Crippen LogP contribution in [-0.2, 0) is 0 Å². The molecule has 0 saturated carbocycles. The third-order valence-electron chi connectivity index (χ3n) is 3.50. The fraction of sp³-hybridized carbons (Fsp3) is 0.882. The fourth-order valence-corrected chi connectivity index (χ4v) is 2.30. The van der Waals surface area contributed by atoms with Crippen molar-refractivity contribution in [2.75, 3.05) is 6.61 Å². The molecule has 0 fully saturated rings. The van der Waals surface area contributed by atoms with E-state index in [-0.39, 0.29) is 6.61 Å². The minimum Gasteiger partial charge on any atom is -0.392 e. The lowest BCUT2D eigenvalue weighted by Crippen LogP contribution is -1.82. The van der Waals surface area contributed by atoms with Gasteiger partial charge in [-0.25, -0.2) is 0 Å². The van der Waals surface area contributed by atoms with Crippen LogP contribution in [0.3, 0.4) is 0 Å². The van der Waals surface area contributed by atoms with E-state index < -0.39 is 0 Å². The highest BCUT2D eigenvalue weighted by molar-refractivity contribution is 4.80. The Labute approximate surface area is 115 Å². The summed E-state index contributed by atoms with van der Waals surface area (Å²) >= 11 is 0. The minimum atomic E-state index is 0.193. The number of aliphatic hydroxyl groups excluding tert-OH is 1. The van der Waals surface area contributed by atoms with E-state index in [4.69, 9.17) is 5.11 Å². The van der Waals surface area contributed by atoms with Gasteiger partial charge in [-0.15, -0.1) is 0 Å². The van der Waals surface area contributed by atoms with Crippen LogP contribution in [0.4, 0.5) is 0 Å². The normalized spacial score (nSPS) is 11.4. The molecule has 0 aliphatic carbocycles. The van der Waals surface area contributed by atoms with Crippen LogP contribution < -0.4 is 0 Å². The van der Waals surface area contributed by atoms with Crippen molar-refractivity contribution >= 4 is 0 Å². The summed E-state index contributed by atoms with van der Waals surface area (Å²) in [5.41, 5.74) is 0. The van der Waals surface area contributed by atoms with Gasteiger partial charge in [0.2, 0.25) is 0 Å². The molecule has 0 aromatic rings. The van der Waals surface area contributed by atoms with Crippen LogP contribution >= 0.6 is 0 Å². The van der Waals surface area contributed by atoms with Crippen molar-refractivity contribution < 1.29 is 5.11 Å². The molecule has 0 bridgehead atoms. The van der Waals surface area contributed by atoms with E-state index in [1.165, 1.54) is 77.0 Å². The maximum atomic E-state index is 8.57. The Kier molecular flexibility index (Phi) is 16.4. The van der Waals surface area contributed by atoms with E-state index in [1.807, 2.05) is 6.08 Å². The smallest absolute Gasteiger partial charge is 0.0612 e. The second-order valence-corrected chi connectivity index (χ2v) is 5.33. The van der Waals surface area contributed by atoms with Crippen LogP contribution in [0.5, 0.6) is 0 Å². The van der Waals surface area contributed by atoms with Gasteiger partial charge in [-0.1, -0.05) is 89.7 Å². The number of rotatable bonds is 14. The molecule has 1 heteroatoms. The van der Waals surface area contributed by atoms with Crippen molar-refractivity contribution in [2.24, 2.45) is 0 Å². The first-order chi connectivity index (χ1) is 8.91. The summed E-state index contributed by atoms with van der Waals surface area (Å²) in [7, 11) is 0. The van der Waals surface area contributed by atoms with E-state index in [0.717, 1.165) is 6.42 Å². The minimum absolute atomic E-state index is 0.193. The summed E-state index contributed by atoms with van der Waals surface area (Å²) in [6.45, 7) is 2.47. The molecular formula is C17H34O. The predicted octanol–water partition coefficient (Wildman–Crippen LogP) is 5.63. The molecule has 1 N–H and O–H groups in total. The zero-order valence-electron chi connectivity index (χ0n) is 12.5. The first-order valence-electron chi connectivity index (χ1n) is 8.17. The topological polar surface area (TPSA) is 20.2 Å². The Hall–Kier alpha value is -0.300. The van der Waals surface area contributed by atoms with Crippen molar-refractivity contribution in [3.8, 4) is 0 Å². The number of aliphatic hydroxyl groups is 1. The predicted molar refractivity (Wildman–Crippen MR) is 81.9 cm³/mol. The molecule has 0 saturated heterocycles. The quantitative estimate of drug-likeness (QED) is 0.315. The van der Waals surface area contributed by atoms with Gasteiger partial charge in [-0.05, 0) is 12.8 Å². The molecule has 0 aromatic heterocycles. The van der Waals surface area contributed by atoms with Crippen molar-refractivity contribution in [1.29, 1.82) is 0 Å². The van der Waals surface area contributed by atoms with Gasteiger partial charge in [0, 0.05) is 0 Å². The van der Waals surface area contributed by atoms with Crippen LogP contribution in [-0.4, -0.2) is 11.7 Å². The Bertz CT molecular complexity index is 163. The molecule has 0 aliphatic rings. The van der Waals surface area contributed by atoms with Gasteiger partial charge < -0.3 is 5.11 Å². The average Bonchev–Trinajstić information content (AvgIpc) is 2.39. The SMILES string of the molecule is CCCCCCCCCCCCCC/C=C\CO. The van der Waals surface area contributed by atoms with Gasteiger partial charge in [0.1, 0.15) is 0 Å². The standard InChI is InChI=1S/C17H34O/c1-2-3-4-5-6-7-8-9-10-11-12-13-14-15-16-17-18/h15-16,18H,2-14,17H2,1H3/b16-15-. The van der Waals surface area contributed by atoms with Gasteiger partial charge in [0.15, 0.2) is 0 Å². The Morgan fingerprint density at radius 2 is 1.06 bits per heavy atom. The third kappa shape index (κ3) is 15.7. The molecule has 0 heterocycles. The van der Waals surface area contributed by atoms with E-state index in [1.54, 1.807) is 0 Å². The monoisotopic (exact) mass is 254 g/mol. The molecule has 1 nitrogen and oxygen atoms in total. The lowest BCUT2D eigenvalue weighted by molar-refractivity contribution is 0.342. The van der Waals surface area contributed by atoms with Crippen LogP contribution in [0.15, 0.2) is 12.2 Å². The molecule has 0 spiro atoms. The highest BCUT2D eigenvalue weighted by atomic mass is 16.2. The summed E-state index contributed by atoms with van der Waals surface area (Å²) in [5.74, 6) is 0. The van der Waals surface area contributed by atoms with Crippen molar-refractivity contribution in [1.82, 2.24) is 0 Å². The maximum Gasteiger partial charge on any atom is 0.0612 e. The van der Waals surface area contributed by atoms with Crippen molar-refractivity contribution in [3.63, 3.8) is 0 Å². The number of hydrogen-bond donors (Lipinski definition) is 1. The number of hydrogen-bond acceptors (Lipinski definition) is 1.